The maximum atomic E-state index is 10.9. The number of hydrogen-bond acceptors (Lipinski definition) is 3. The molecule has 0 aliphatic rings. The molecule has 3 heteroatoms. The molecule has 0 spiro atoms. The van der Waals surface area contributed by atoms with Gasteiger partial charge in [0.05, 0.1) is 5.70 Å². The number of carbonyl (C=O) groups excluding carboxylic acids is 1. The van der Waals surface area contributed by atoms with Gasteiger partial charge in [-0.2, -0.15) is 5.10 Å². The first-order valence-electron chi connectivity index (χ1n) is 5.45. The number of ketones is 1. The zero-order chi connectivity index (χ0) is 13.8. The van der Waals surface area contributed by atoms with Crippen molar-refractivity contribution < 1.29 is 4.79 Å². The van der Waals surface area contributed by atoms with Crippen LogP contribution in [0.1, 0.15) is 27.2 Å². The molecule has 0 heterocycles. The van der Waals surface area contributed by atoms with E-state index in [2.05, 4.69) is 31.6 Å². The molecule has 0 aliphatic heterocycles. The lowest BCUT2D eigenvalue weighted by molar-refractivity contribution is -0.116. The monoisotopic (exact) mass is 234 g/mol. The first kappa shape index (κ1) is 17.5. The molecular formula is C14H22N2O. The van der Waals surface area contributed by atoms with Gasteiger partial charge in [-0.05, 0) is 18.6 Å². The lowest BCUT2D eigenvalue weighted by Gasteiger charge is -2.13. The van der Waals surface area contributed by atoms with Gasteiger partial charge in [-0.15, -0.1) is 0 Å². The second kappa shape index (κ2) is 10.6. The second-order valence-electron chi connectivity index (χ2n) is 2.96. The quantitative estimate of drug-likeness (QED) is 0.382. The van der Waals surface area contributed by atoms with Crippen molar-refractivity contribution in [2.75, 3.05) is 0 Å². The molecule has 0 rings (SSSR count). The Morgan fingerprint density at radius 3 is 2.18 bits per heavy atom. The molecular weight excluding hydrogens is 212 g/mol. The van der Waals surface area contributed by atoms with Crippen molar-refractivity contribution in [1.29, 1.82) is 0 Å². The first-order chi connectivity index (χ1) is 8.04. The van der Waals surface area contributed by atoms with E-state index in [0.717, 1.165) is 5.57 Å². The van der Waals surface area contributed by atoms with Gasteiger partial charge in [-0.25, -0.2) is 5.01 Å². The summed E-state index contributed by atoms with van der Waals surface area (Å²) in [6.45, 7) is 19.9. The molecule has 94 valence electrons. The van der Waals surface area contributed by atoms with Gasteiger partial charge >= 0.3 is 0 Å². The van der Waals surface area contributed by atoms with E-state index in [4.69, 9.17) is 0 Å². The van der Waals surface area contributed by atoms with E-state index in [9.17, 15) is 4.79 Å². The SMILES string of the molecule is C=C/C(=C\C(=C)N(C=C)N=C)CC(C)=O.CC. The molecule has 0 amide bonds. The van der Waals surface area contributed by atoms with Gasteiger partial charge in [0, 0.05) is 19.3 Å². The predicted octanol–water partition coefficient (Wildman–Crippen LogP) is 3.68. The number of hydrazone groups is 1. The fraction of sp³-hybridized carbons (Fsp3) is 0.286. The Morgan fingerprint density at radius 2 is 1.88 bits per heavy atom. The molecule has 0 N–H and O–H groups in total. The first-order valence-corrected chi connectivity index (χ1v) is 5.45. The number of hydrogen-bond donors (Lipinski definition) is 0. The molecule has 0 saturated heterocycles. The molecule has 0 unspecified atom stereocenters. The Morgan fingerprint density at radius 1 is 1.35 bits per heavy atom. The van der Waals surface area contributed by atoms with Gasteiger partial charge in [0.15, 0.2) is 0 Å². The van der Waals surface area contributed by atoms with Crippen LogP contribution in [0.25, 0.3) is 0 Å². The van der Waals surface area contributed by atoms with Gasteiger partial charge < -0.3 is 0 Å². The normalized spacial score (nSPS) is 9.47. The van der Waals surface area contributed by atoms with E-state index in [1.165, 1.54) is 18.1 Å². The third-order valence-corrected chi connectivity index (χ3v) is 1.69. The van der Waals surface area contributed by atoms with E-state index in [1.54, 1.807) is 12.2 Å². The Kier molecular flexibility index (Phi) is 10.9. The van der Waals surface area contributed by atoms with Crippen LogP contribution in [0.5, 0.6) is 0 Å². The summed E-state index contributed by atoms with van der Waals surface area (Å²) in [5.41, 5.74) is 1.39. The molecule has 0 aromatic carbocycles. The highest BCUT2D eigenvalue weighted by Crippen LogP contribution is 2.11. The fourth-order valence-electron chi connectivity index (χ4n) is 1.02. The summed E-state index contributed by atoms with van der Waals surface area (Å²) >= 11 is 0. The maximum absolute atomic E-state index is 10.9. The van der Waals surface area contributed by atoms with Crippen molar-refractivity contribution >= 4 is 12.5 Å². The lowest BCUT2D eigenvalue weighted by atomic mass is 10.1. The standard InChI is InChI=1S/C12H16N2O.C2H6/c1-6-12(9-11(4)15)8-10(3)14(7-2)13-5;1-2/h6-8H,1-3,5,9H2,4H3;1-2H3/b12-8+;. The van der Waals surface area contributed by atoms with Crippen LogP contribution in [0.2, 0.25) is 0 Å². The Hall–Kier alpha value is -1.90. The topological polar surface area (TPSA) is 32.7 Å². The van der Waals surface area contributed by atoms with Crippen LogP contribution in [-0.2, 0) is 4.79 Å². The Labute approximate surface area is 105 Å². The van der Waals surface area contributed by atoms with Gasteiger partial charge in [0.2, 0.25) is 0 Å². The summed E-state index contributed by atoms with van der Waals surface area (Å²) in [5, 5.41) is 5.10. The minimum Gasteiger partial charge on any atom is -0.300 e. The van der Waals surface area contributed by atoms with Crippen molar-refractivity contribution in [3.63, 3.8) is 0 Å². The summed E-state index contributed by atoms with van der Waals surface area (Å²) in [4.78, 5) is 10.9. The predicted molar refractivity (Wildman–Crippen MR) is 75.7 cm³/mol. The van der Waals surface area contributed by atoms with Crippen LogP contribution < -0.4 is 0 Å². The third kappa shape index (κ3) is 7.96. The van der Waals surface area contributed by atoms with E-state index in [1.807, 2.05) is 13.8 Å². The minimum absolute atomic E-state index is 0.0747. The summed E-state index contributed by atoms with van der Waals surface area (Å²) in [5.74, 6) is 0.0747. The van der Waals surface area contributed by atoms with Crippen LogP contribution in [0.15, 0.2) is 54.5 Å². The van der Waals surface area contributed by atoms with Crippen LogP contribution in [0, 0.1) is 0 Å². The summed E-state index contributed by atoms with van der Waals surface area (Å²) in [6.07, 6.45) is 5.17. The highest BCUT2D eigenvalue weighted by atomic mass is 16.1. The van der Waals surface area contributed by atoms with E-state index in [0.29, 0.717) is 12.1 Å². The number of allylic oxidation sites excluding steroid dienone is 3. The van der Waals surface area contributed by atoms with Crippen LogP contribution in [-0.4, -0.2) is 17.5 Å². The van der Waals surface area contributed by atoms with Gasteiger partial charge in [0.1, 0.15) is 5.78 Å². The summed E-state index contributed by atoms with van der Waals surface area (Å²) in [6, 6.07) is 0. The molecule has 17 heavy (non-hydrogen) atoms. The lowest BCUT2D eigenvalue weighted by Crippen LogP contribution is -2.05. The van der Waals surface area contributed by atoms with E-state index >= 15 is 0 Å². The average molecular weight is 234 g/mol. The van der Waals surface area contributed by atoms with E-state index < -0.39 is 0 Å². The van der Waals surface area contributed by atoms with Crippen molar-refractivity contribution in [1.82, 2.24) is 5.01 Å². The number of rotatable bonds is 7. The van der Waals surface area contributed by atoms with Crippen molar-refractivity contribution in [3.8, 4) is 0 Å². The van der Waals surface area contributed by atoms with Crippen LogP contribution >= 0.6 is 0 Å². The molecule has 0 atom stereocenters. The molecule has 0 aromatic rings. The average Bonchev–Trinajstić information content (AvgIpc) is 2.31. The molecule has 0 radical (unpaired) electrons. The summed E-state index contributed by atoms with van der Waals surface area (Å²) < 4.78 is 0. The molecule has 3 nitrogen and oxygen atoms in total. The fourth-order valence-corrected chi connectivity index (χ4v) is 1.02. The van der Waals surface area contributed by atoms with Crippen molar-refractivity contribution in [3.05, 3.63) is 49.4 Å². The molecule has 0 saturated carbocycles. The maximum Gasteiger partial charge on any atom is 0.134 e. The van der Waals surface area contributed by atoms with Crippen molar-refractivity contribution in [2.24, 2.45) is 5.10 Å². The van der Waals surface area contributed by atoms with Gasteiger partial charge in [0.25, 0.3) is 0 Å². The van der Waals surface area contributed by atoms with E-state index in [-0.39, 0.29) is 5.78 Å². The molecule has 0 aliphatic carbocycles. The second-order valence-corrected chi connectivity index (χ2v) is 2.96. The smallest absolute Gasteiger partial charge is 0.134 e. The zero-order valence-electron chi connectivity index (χ0n) is 11.1. The number of carbonyl (C=O) groups is 1. The highest BCUT2D eigenvalue weighted by Gasteiger charge is 2.01. The molecule has 0 fully saturated rings. The third-order valence-electron chi connectivity index (χ3n) is 1.69. The number of nitrogens with zero attached hydrogens (tertiary/aromatic N) is 2. The van der Waals surface area contributed by atoms with Gasteiger partial charge in [-0.1, -0.05) is 39.7 Å². The van der Waals surface area contributed by atoms with Gasteiger partial charge in [-0.3, -0.25) is 4.79 Å². The minimum atomic E-state index is 0.0747. The summed E-state index contributed by atoms with van der Waals surface area (Å²) in [7, 11) is 0. The zero-order valence-corrected chi connectivity index (χ0v) is 11.1. The van der Waals surface area contributed by atoms with Crippen LogP contribution in [0.3, 0.4) is 0 Å². The molecule has 0 bridgehead atoms. The largest absolute Gasteiger partial charge is 0.300 e. The number of Topliss-reactive ketones (excluding diaryl/α,β-unsaturated/α-hetero) is 1. The van der Waals surface area contributed by atoms with Crippen molar-refractivity contribution in [2.45, 2.75) is 27.2 Å². The molecule has 0 aromatic heterocycles. The Balaban J connectivity index is 0. The van der Waals surface area contributed by atoms with Crippen LogP contribution in [0.4, 0.5) is 0 Å². The highest BCUT2D eigenvalue weighted by molar-refractivity contribution is 5.78. The Bertz CT molecular complexity index is 319.